The largest absolute Gasteiger partial charge is 0.394 e. The third-order valence-electron chi connectivity index (χ3n) is 3.09. The fourth-order valence-electron chi connectivity index (χ4n) is 1.98. The normalized spacial score (nSPS) is 12.1. The molecule has 1 atom stereocenters. The minimum Gasteiger partial charge on any atom is -0.394 e. The number of carbonyl (C=O) groups is 1. The number of rotatable bonds is 8. The van der Waals surface area contributed by atoms with Gasteiger partial charge in [0.05, 0.1) is 19.6 Å². The number of carbonyl (C=O) groups excluding carboxylic acids is 1. The highest BCUT2D eigenvalue weighted by Gasteiger charge is 2.14. The van der Waals surface area contributed by atoms with E-state index in [2.05, 4.69) is 5.32 Å². The first kappa shape index (κ1) is 16.6. The van der Waals surface area contributed by atoms with E-state index in [9.17, 15) is 9.18 Å². The van der Waals surface area contributed by atoms with Crippen molar-refractivity contribution in [1.82, 2.24) is 5.32 Å². The average molecular weight is 323 g/mol. The van der Waals surface area contributed by atoms with Crippen LogP contribution in [0, 0.1) is 5.82 Å². The van der Waals surface area contributed by atoms with Gasteiger partial charge in [-0.15, -0.1) is 0 Å². The Hall–Kier alpha value is -1.76. The minimum absolute atomic E-state index is 0.0653. The van der Waals surface area contributed by atoms with Crippen LogP contribution in [0.4, 0.5) is 4.39 Å². The van der Waals surface area contributed by atoms with Gasteiger partial charge in [-0.05, 0) is 40.1 Å². The molecular weight excluding hydrogens is 305 g/mol. The van der Waals surface area contributed by atoms with Gasteiger partial charge >= 0.3 is 0 Å². The third-order valence-corrected chi connectivity index (χ3v) is 3.79. The number of halogens is 1. The Kier molecular flexibility index (Phi) is 6.51. The van der Waals surface area contributed by atoms with Crippen LogP contribution in [-0.4, -0.2) is 30.8 Å². The zero-order chi connectivity index (χ0) is 15.8. The fourth-order valence-corrected chi connectivity index (χ4v) is 2.68. The van der Waals surface area contributed by atoms with E-state index in [0.29, 0.717) is 6.54 Å². The predicted molar refractivity (Wildman–Crippen MR) is 83.2 cm³/mol. The molecule has 2 N–H and O–H groups in total. The molecule has 0 bridgehead atoms. The molecule has 118 valence electrons. The quantitative estimate of drug-likeness (QED) is 0.784. The Bertz CT molecular complexity index is 572. The number of thiophene rings is 1. The van der Waals surface area contributed by atoms with Crippen molar-refractivity contribution >= 4 is 17.2 Å². The molecule has 0 aliphatic rings. The first-order valence-electron chi connectivity index (χ1n) is 6.94. The monoisotopic (exact) mass is 323 g/mol. The van der Waals surface area contributed by atoms with Gasteiger partial charge < -0.3 is 15.2 Å². The zero-order valence-electron chi connectivity index (χ0n) is 12.0. The molecule has 1 amide bonds. The van der Waals surface area contributed by atoms with Crippen LogP contribution in [-0.2, 0) is 16.0 Å². The molecule has 0 radical (unpaired) electrons. The molecule has 1 aromatic carbocycles. The van der Waals surface area contributed by atoms with Crippen molar-refractivity contribution in [2.45, 2.75) is 12.5 Å². The van der Waals surface area contributed by atoms with E-state index < -0.39 is 0 Å². The van der Waals surface area contributed by atoms with Gasteiger partial charge in [0.2, 0.25) is 5.91 Å². The molecule has 0 unspecified atom stereocenters. The Morgan fingerprint density at radius 2 is 2.09 bits per heavy atom. The van der Waals surface area contributed by atoms with Crippen LogP contribution < -0.4 is 5.32 Å². The van der Waals surface area contributed by atoms with Crippen LogP contribution in [0.2, 0.25) is 0 Å². The van der Waals surface area contributed by atoms with Gasteiger partial charge in [-0.2, -0.15) is 11.3 Å². The molecule has 22 heavy (non-hydrogen) atoms. The summed E-state index contributed by atoms with van der Waals surface area (Å²) in [6, 6.07) is 7.78. The van der Waals surface area contributed by atoms with E-state index in [4.69, 9.17) is 9.84 Å². The lowest BCUT2D eigenvalue weighted by atomic mass is 10.1. The Balaban J connectivity index is 1.85. The molecule has 6 heteroatoms. The number of nitrogens with one attached hydrogen (secondary N) is 1. The van der Waals surface area contributed by atoms with E-state index in [1.54, 1.807) is 23.5 Å². The third kappa shape index (κ3) is 5.22. The second kappa shape index (κ2) is 8.63. The Labute approximate surface area is 132 Å². The average Bonchev–Trinajstić information content (AvgIpc) is 3.04. The molecule has 2 aromatic rings. The van der Waals surface area contributed by atoms with Gasteiger partial charge in [0.15, 0.2) is 0 Å². The Morgan fingerprint density at radius 3 is 2.73 bits per heavy atom. The standard InChI is InChI=1S/C16H18FNO3S/c17-14-3-1-12(2-4-14)9-16(20)18-10-15(21-7-6-19)13-5-8-22-11-13/h1-5,8,11,15,19H,6-7,9-10H2,(H,18,20)/t15-/m1/s1. The molecule has 0 aliphatic heterocycles. The van der Waals surface area contributed by atoms with Crippen molar-refractivity contribution < 1.29 is 19.0 Å². The number of amides is 1. The molecule has 0 fully saturated rings. The second-order valence-electron chi connectivity index (χ2n) is 4.75. The highest BCUT2D eigenvalue weighted by molar-refractivity contribution is 7.07. The number of hydrogen-bond acceptors (Lipinski definition) is 4. The van der Waals surface area contributed by atoms with Crippen molar-refractivity contribution in [3.63, 3.8) is 0 Å². The molecule has 4 nitrogen and oxygen atoms in total. The molecule has 1 heterocycles. The summed E-state index contributed by atoms with van der Waals surface area (Å²) in [4.78, 5) is 11.9. The molecule has 2 rings (SSSR count). The summed E-state index contributed by atoms with van der Waals surface area (Å²) in [7, 11) is 0. The van der Waals surface area contributed by atoms with Gasteiger partial charge in [0.1, 0.15) is 11.9 Å². The van der Waals surface area contributed by atoms with E-state index >= 15 is 0 Å². The molecular formula is C16H18FNO3S. The lowest BCUT2D eigenvalue weighted by molar-refractivity contribution is -0.121. The van der Waals surface area contributed by atoms with Crippen LogP contribution in [0.15, 0.2) is 41.1 Å². The summed E-state index contributed by atoms with van der Waals surface area (Å²) in [5.41, 5.74) is 1.72. The summed E-state index contributed by atoms with van der Waals surface area (Å²) < 4.78 is 18.4. The summed E-state index contributed by atoms with van der Waals surface area (Å²) >= 11 is 1.55. The summed E-state index contributed by atoms with van der Waals surface area (Å²) in [5.74, 6) is -0.474. The van der Waals surface area contributed by atoms with Gasteiger partial charge in [0, 0.05) is 6.54 Å². The Morgan fingerprint density at radius 1 is 1.32 bits per heavy atom. The topological polar surface area (TPSA) is 58.6 Å². The maximum Gasteiger partial charge on any atom is 0.224 e. The number of aliphatic hydroxyl groups is 1. The van der Waals surface area contributed by atoms with Crippen LogP contribution in [0.5, 0.6) is 0 Å². The van der Waals surface area contributed by atoms with Crippen LogP contribution in [0.1, 0.15) is 17.2 Å². The van der Waals surface area contributed by atoms with Gasteiger partial charge in [-0.25, -0.2) is 4.39 Å². The van der Waals surface area contributed by atoms with Crippen LogP contribution in [0.3, 0.4) is 0 Å². The predicted octanol–water partition coefficient (Wildman–Crippen LogP) is 2.30. The van der Waals surface area contributed by atoms with E-state index in [0.717, 1.165) is 11.1 Å². The van der Waals surface area contributed by atoms with Crippen molar-refractivity contribution in [2.75, 3.05) is 19.8 Å². The van der Waals surface area contributed by atoms with Gasteiger partial charge in [-0.3, -0.25) is 4.79 Å². The lowest BCUT2D eigenvalue weighted by Gasteiger charge is -2.17. The lowest BCUT2D eigenvalue weighted by Crippen LogP contribution is -2.31. The van der Waals surface area contributed by atoms with E-state index in [-0.39, 0.29) is 37.5 Å². The molecule has 0 aliphatic carbocycles. The zero-order valence-corrected chi connectivity index (χ0v) is 12.8. The number of ether oxygens (including phenoxy) is 1. The highest BCUT2D eigenvalue weighted by Crippen LogP contribution is 2.19. The minimum atomic E-state index is -0.320. The number of benzene rings is 1. The maximum atomic E-state index is 12.8. The van der Waals surface area contributed by atoms with Gasteiger partial charge in [-0.1, -0.05) is 12.1 Å². The molecule has 0 spiro atoms. The van der Waals surface area contributed by atoms with Crippen molar-refractivity contribution in [2.24, 2.45) is 0 Å². The van der Waals surface area contributed by atoms with Crippen molar-refractivity contribution in [3.05, 3.63) is 58.0 Å². The van der Waals surface area contributed by atoms with Crippen LogP contribution >= 0.6 is 11.3 Å². The van der Waals surface area contributed by atoms with Gasteiger partial charge in [0.25, 0.3) is 0 Å². The second-order valence-corrected chi connectivity index (χ2v) is 5.53. The summed E-state index contributed by atoms with van der Waals surface area (Å²) in [6.45, 7) is 0.481. The summed E-state index contributed by atoms with van der Waals surface area (Å²) in [5, 5.41) is 15.6. The van der Waals surface area contributed by atoms with Crippen molar-refractivity contribution in [1.29, 1.82) is 0 Å². The van der Waals surface area contributed by atoms with Crippen LogP contribution in [0.25, 0.3) is 0 Å². The van der Waals surface area contributed by atoms with E-state index in [1.807, 2.05) is 16.8 Å². The number of aliphatic hydroxyl groups excluding tert-OH is 1. The first-order valence-corrected chi connectivity index (χ1v) is 7.89. The smallest absolute Gasteiger partial charge is 0.224 e. The SMILES string of the molecule is O=C(Cc1ccc(F)cc1)NC[C@@H](OCCO)c1ccsc1. The van der Waals surface area contributed by atoms with E-state index in [1.165, 1.54) is 12.1 Å². The van der Waals surface area contributed by atoms with Crippen molar-refractivity contribution in [3.8, 4) is 0 Å². The molecule has 1 aromatic heterocycles. The fraction of sp³-hybridized carbons (Fsp3) is 0.312. The molecule has 0 saturated carbocycles. The summed E-state index contributed by atoms with van der Waals surface area (Å²) in [6.07, 6.45) is -0.0908. The maximum absolute atomic E-state index is 12.8. The first-order chi connectivity index (χ1) is 10.7. The molecule has 0 saturated heterocycles. The highest BCUT2D eigenvalue weighted by atomic mass is 32.1. The number of hydrogen-bond donors (Lipinski definition) is 2.